The molecule has 0 unspecified atom stereocenters. The summed E-state index contributed by atoms with van der Waals surface area (Å²) in [6.45, 7) is 6.50. The highest BCUT2D eigenvalue weighted by Gasteiger charge is 2.45. The van der Waals surface area contributed by atoms with Crippen LogP contribution in [0.4, 0.5) is 4.39 Å². The van der Waals surface area contributed by atoms with Crippen LogP contribution in [0.15, 0.2) is 18.2 Å². The summed E-state index contributed by atoms with van der Waals surface area (Å²) >= 11 is 0. The lowest BCUT2D eigenvalue weighted by molar-refractivity contribution is -0.128. The molecule has 2 fully saturated rings. The van der Waals surface area contributed by atoms with Crippen molar-refractivity contribution in [3.8, 4) is 5.75 Å². The molecule has 6 heteroatoms. The van der Waals surface area contributed by atoms with Gasteiger partial charge in [0.2, 0.25) is 0 Å². The van der Waals surface area contributed by atoms with Gasteiger partial charge in [0.15, 0.2) is 0 Å². The number of aliphatic hydroxyl groups is 1. The summed E-state index contributed by atoms with van der Waals surface area (Å²) in [5.74, 6) is 0.984. The van der Waals surface area contributed by atoms with Crippen molar-refractivity contribution in [1.82, 2.24) is 5.32 Å². The van der Waals surface area contributed by atoms with E-state index < -0.39 is 11.7 Å². The van der Waals surface area contributed by atoms with Crippen molar-refractivity contribution in [2.24, 2.45) is 22.7 Å². The SMILES string of the molecule is CC(C)(C)C(=O)CC1CCC2(CC1)CC(CCCOc1ccc(C(=O)NCCO)c(F)c1)C2. The molecule has 33 heavy (non-hydrogen) atoms. The van der Waals surface area contributed by atoms with E-state index in [2.05, 4.69) is 5.32 Å². The Balaban J connectivity index is 1.32. The van der Waals surface area contributed by atoms with E-state index in [1.165, 1.54) is 50.7 Å². The fraction of sp³-hybridized carbons (Fsp3) is 0.704. The molecule has 2 aliphatic carbocycles. The Morgan fingerprint density at radius 2 is 1.88 bits per heavy atom. The highest BCUT2D eigenvalue weighted by atomic mass is 19.1. The van der Waals surface area contributed by atoms with Crippen LogP contribution in [0.25, 0.3) is 0 Å². The molecule has 2 N–H and O–H groups in total. The molecule has 1 aromatic carbocycles. The third-order valence-electron chi connectivity index (χ3n) is 7.53. The summed E-state index contributed by atoms with van der Waals surface area (Å²) < 4.78 is 19.9. The molecule has 3 rings (SSSR count). The fourth-order valence-corrected chi connectivity index (χ4v) is 5.44. The molecule has 1 aromatic rings. The Morgan fingerprint density at radius 1 is 1.18 bits per heavy atom. The molecule has 5 nitrogen and oxygen atoms in total. The number of hydrogen-bond donors (Lipinski definition) is 2. The third kappa shape index (κ3) is 7.02. The van der Waals surface area contributed by atoms with Gasteiger partial charge in [-0.05, 0) is 80.8 Å². The maximum absolute atomic E-state index is 14.2. The Morgan fingerprint density at radius 3 is 2.48 bits per heavy atom. The van der Waals surface area contributed by atoms with Gasteiger partial charge in [-0.2, -0.15) is 0 Å². The zero-order chi connectivity index (χ0) is 24.1. The Hall–Kier alpha value is -1.95. The number of carbonyl (C=O) groups is 2. The Kier molecular flexibility index (Phi) is 8.54. The first-order valence-electron chi connectivity index (χ1n) is 12.5. The van der Waals surface area contributed by atoms with Gasteiger partial charge < -0.3 is 15.2 Å². The van der Waals surface area contributed by atoms with Crippen LogP contribution in [0.3, 0.4) is 0 Å². The van der Waals surface area contributed by atoms with Crippen molar-refractivity contribution in [2.75, 3.05) is 19.8 Å². The monoisotopic (exact) mass is 461 g/mol. The zero-order valence-corrected chi connectivity index (χ0v) is 20.4. The highest BCUT2D eigenvalue weighted by molar-refractivity contribution is 5.94. The average molecular weight is 462 g/mol. The van der Waals surface area contributed by atoms with Crippen LogP contribution in [0, 0.1) is 28.5 Å². The van der Waals surface area contributed by atoms with Gasteiger partial charge in [-0.15, -0.1) is 0 Å². The first-order valence-corrected chi connectivity index (χ1v) is 12.5. The first kappa shape index (κ1) is 25.7. The second-order valence-corrected chi connectivity index (χ2v) is 11.2. The van der Waals surface area contributed by atoms with Crippen molar-refractivity contribution in [2.45, 2.75) is 78.6 Å². The summed E-state index contributed by atoms with van der Waals surface area (Å²) in [6.07, 6.45) is 10.3. The molecule has 0 aromatic heterocycles. The standard InChI is InChI=1S/C27H40FNO4/c1-26(2,3)24(31)15-19-8-10-27(11-9-19)17-20(18-27)5-4-14-33-21-6-7-22(23(28)16-21)25(32)29-12-13-30/h6-7,16,19-20,30H,4-5,8-15,17-18H2,1-3H3,(H,29,32). The van der Waals surface area contributed by atoms with Crippen LogP contribution in [0.1, 0.15) is 88.9 Å². The minimum atomic E-state index is -0.622. The van der Waals surface area contributed by atoms with Gasteiger partial charge in [0.25, 0.3) is 5.91 Å². The van der Waals surface area contributed by atoms with E-state index in [1.807, 2.05) is 20.8 Å². The van der Waals surface area contributed by atoms with Crippen LogP contribution in [0.2, 0.25) is 0 Å². The van der Waals surface area contributed by atoms with Crippen molar-refractivity contribution in [1.29, 1.82) is 0 Å². The number of ether oxygens (including phenoxy) is 1. The quantitative estimate of drug-likeness (QED) is 0.464. The molecule has 2 aliphatic rings. The molecule has 0 bridgehead atoms. The predicted octanol–water partition coefficient (Wildman–Crippen LogP) is 5.30. The Bertz CT molecular complexity index is 816. The lowest BCUT2D eigenvalue weighted by Crippen LogP contribution is -2.41. The van der Waals surface area contributed by atoms with Gasteiger partial charge in [-0.25, -0.2) is 4.39 Å². The summed E-state index contributed by atoms with van der Waals surface area (Å²) in [4.78, 5) is 24.1. The van der Waals surface area contributed by atoms with Crippen LogP contribution >= 0.6 is 0 Å². The minimum absolute atomic E-state index is 0.0481. The highest BCUT2D eigenvalue weighted by Crippen LogP contribution is 2.57. The largest absolute Gasteiger partial charge is 0.493 e. The average Bonchev–Trinajstić information content (AvgIpc) is 2.74. The number of ketones is 1. The first-order chi connectivity index (χ1) is 15.6. The molecular formula is C27H40FNO4. The lowest BCUT2D eigenvalue weighted by atomic mass is 9.53. The van der Waals surface area contributed by atoms with E-state index in [0.29, 0.717) is 29.5 Å². The van der Waals surface area contributed by atoms with E-state index in [0.717, 1.165) is 25.2 Å². The smallest absolute Gasteiger partial charge is 0.254 e. The van der Waals surface area contributed by atoms with Crippen molar-refractivity contribution in [3.63, 3.8) is 0 Å². The molecule has 0 aliphatic heterocycles. The topological polar surface area (TPSA) is 75.6 Å². The number of benzene rings is 1. The van der Waals surface area contributed by atoms with Crippen molar-refractivity contribution < 1.29 is 23.8 Å². The summed E-state index contributed by atoms with van der Waals surface area (Å²) in [5.41, 5.74) is 0.247. The number of halogens is 1. The second kappa shape index (κ2) is 11.0. The van der Waals surface area contributed by atoms with E-state index in [9.17, 15) is 14.0 Å². The van der Waals surface area contributed by atoms with E-state index in [-0.39, 0.29) is 24.1 Å². The number of amides is 1. The van der Waals surface area contributed by atoms with Gasteiger partial charge in [0.05, 0.1) is 18.8 Å². The van der Waals surface area contributed by atoms with Crippen molar-refractivity contribution >= 4 is 11.7 Å². The number of hydrogen-bond acceptors (Lipinski definition) is 4. The molecule has 1 amide bonds. The van der Waals surface area contributed by atoms with E-state index in [1.54, 1.807) is 6.07 Å². The van der Waals surface area contributed by atoms with E-state index in [4.69, 9.17) is 9.84 Å². The molecular weight excluding hydrogens is 421 g/mol. The maximum atomic E-state index is 14.2. The van der Waals surface area contributed by atoms with Gasteiger partial charge in [-0.3, -0.25) is 9.59 Å². The Labute approximate surface area is 197 Å². The van der Waals surface area contributed by atoms with E-state index >= 15 is 0 Å². The molecule has 1 spiro atoms. The second-order valence-electron chi connectivity index (χ2n) is 11.2. The molecule has 2 saturated carbocycles. The number of aliphatic hydroxyl groups excluding tert-OH is 1. The summed E-state index contributed by atoms with van der Waals surface area (Å²) in [6, 6.07) is 4.27. The number of nitrogens with one attached hydrogen (secondary N) is 1. The lowest BCUT2D eigenvalue weighted by Gasteiger charge is -2.52. The van der Waals surface area contributed by atoms with Gasteiger partial charge in [-0.1, -0.05) is 20.8 Å². The minimum Gasteiger partial charge on any atom is -0.493 e. The molecule has 0 radical (unpaired) electrons. The van der Waals surface area contributed by atoms with Crippen molar-refractivity contribution in [3.05, 3.63) is 29.6 Å². The third-order valence-corrected chi connectivity index (χ3v) is 7.53. The normalized spacial score (nSPS) is 24.9. The van der Waals surface area contributed by atoms with Gasteiger partial charge >= 0.3 is 0 Å². The van der Waals surface area contributed by atoms with Crippen LogP contribution in [-0.4, -0.2) is 36.6 Å². The van der Waals surface area contributed by atoms with Crippen LogP contribution < -0.4 is 10.1 Å². The zero-order valence-electron chi connectivity index (χ0n) is 20.4. The van der Waals surface area contributed by atoms with Crippen LogP contribution in [-0.2, 0) is 4.79 Å². The fourth-order valence-electron chi connectivity index (χ4n) is 5.44. The maximum Gasteiger partial charge on any atom is 0.254 e. The van der Waals surface area contributed by atoms with Gasteiger partial charge in [0, 0.05) is 24.4 Å². The molecule has 0 atom stereocenters. The molecule has 0 heterocycles. The number of rotatable bonds is 10. The van der Waals surface area contributed by atoms with Gasteiger partial charge in [0.1, 0.15) is 17.3 Å². The number of carbonyl (C=O) groups excluding carboxylic acids is 2. The van der Waals surface area contributed by atoms with Crippen LogP contribution in [0.5, 0.6) is 5.75 Å². The predicted molar refractivity (Wildman–Crippen MR) is 127 cm³/mol. The summed E-state index contributed by atoms with van der Waals surface area (Å²) in [5, 5.41) is 11.2. The summed E-state index contributed by atoms with van der Waals surface area (Å²) in [7, 11) is 0. The molecule has 0 saturated heterocycles. The number of Topliss-reactive ketones (excluding diaryl/α,β-unsaturated/α-hetero) is 1. The molecule has 184 valence electrons.